The lowest BCUT2D eigenvalue weighted by molar-refractivity contribution is -0.0612. The van der Waals surface area contributed by atoms with Crippen LogP contribution in [0.3, 0.4) is 0 Å². The maximum atomic E-state index is 9.28. The fraction of sp³-hybridized carbons (Fsp3) is 0.364. The lowest BCUT2D eigenvalue weighted by Gasteiger charge is -2.18. The molecule has 0 radical (unpaired) electrons. The number of likely N-dealkylation sites (tertiary alicyclic amines) is 1. The molecular weight excluding hydrogens is 586 g/mol. The van der Waals surface area contributed by atoms with Crippen molar-refractivity contribution in [1.82, 2.24) is 15.4 Å². The molecule has 1 atom stereocenters. The number of aromatic nitrogens is 1. The highest BCUT2D eigenvalue weighted by atomic mass is 35.5. The third-order valence-corrected chi connectivity index (χ3v) is 8.06. The molecule has 1 fully saturated rings. The van der Waals surface area contributed by atoms with E-state index in [1.807, 2.05) is 60.7 Å². The first-order valence-corrected chi connectivity index (χ1v) is 14.9. The maximum Gasteiger partial charge on any atom is 0.215 e. The first-order chi connectivity index (χ1) is 21.4. The van der Waals surface area contributed by atoms with Gasteiger partial charge in [0.05, 0.1) is 24.9 Å². The molecule has 2 heterocycles. The van der Waals surface area contributed by atoms with Gasteiger partial charge in [0, 0.05) is 38.2 Å². The average molecular weight is 624 g/mol. The van der Waals surface area contributed by atoms with Crippen LogP contribution >= 0.6 is 11.6 Å². The van der Waals surface area contributed by atoms with Gasteiger partial charge in [0.15, 0.2) is 17.3 Å². The number of hydrogen-bond acceptors (Lipinski definition) is 10. The Kier molecular flexibility index (Phi) is 11.0. The summed E-state index contributed by atoms with van der Waals surface area (Å²) in [6.07, 6.45) is -0.709. The minimum Gasteiger partial charge on any atom is -0.497 e. The zero-order valence-corrected chi connectivity index (χ0v) is 25.6. The monoisotopic (exact) mass is 623 g/mol. The highest BCUT2D eigenvalue weighted by Crippen LogP contribution is 2.39. The molecule has 1 aliphatic heterocycles. The molecule has 1 aromatic heterocycles. The average Bonchev–Trinajstić information content (AvgIpc) is 3.73. The summed E-state index contributed by atoms with van der Waals surface area (Å²) in [6, 6.07) is 20.9. The van der Waals surface area contributed by atoms with E-state index in [-0.39, 0.29) is 11.7 Å². The van der Waals surface area contributed by atoms with Crippen LogP contribution in [-0.4, -0.2) is 60.7 Å². The molecule has 234 valence electrons. The summed E-state index contributed by atoms with van der Waals surface area (Å²) in [4.78, 5) is 2.35. The lowest BCUT2D eigenvalue weighted by Crippen LogP contribution is -2.30. The van der Waals surface area contributed by atoms with Crippen molar-refractivity contribution in [3.63, 3.8) is 0 Å². The topological polar surface area (TPSA) is 119 Å². The van der Waals surface area contributed by atoms with Crippen LogP contribution in [0.5, 0.6) is 23.0 Å². The third-order valence-electron chi connectivity index (χ3n) is 7.65. The van der Waals surface area contributed by atoms with Gasteiger partial charge in [-0.25, -0.2) is 0 Å². The minimum atomic E-state index is -1.65. The van der Waals surface area contributed by atoms with Crippen LogP contribution in [0.1, 0.15) is 46.8 Å². The van der Waals surface area contributed by atoms with Gasteiger partial charge >= 0.3 is 0 Å². The Bertz CT molecular complexity index is 1480. The summed E-state index contributed by atoms with van der Waals surface area (Å²) in [5.74, 6) is 2.90. The van der Waals surface area contributed by atoms with Gasteiger partial charge in [-0.15, -0.1) is 0 Å². The van der Waals surface area contributed by atoms with Gasteiger partial charge in [-0.05, 0) is 60.0 Å². The van der Waals surface area contributed by atoms with Gasteiger partial charge in [0.2, 0.25) is 6.29 Å². The van der Waals surface area contributed by atoms with Crippen LogP contribution in [0.25, 0.3) is 0 Å². The molecule has 0 bridgehead atoms. The molecule has 11 heteroatoms. The molecular formula is C33H38ClN3O7. The smallest absolute Gasteiger partial charge is 0.215 e. The Morgan fingerprint density at radius 3 is 2.23 bits per heavy atom. The molecule has 1 saturated heterocycles. The highest BCUT2D eigenvalue weighted by molar-refractivity contribution is 6.33. The van der Waals surface area contributed by atoms with Crippen molar-refractivity contribution >= 4 is 11.6 Å². The number of methoxy groups -OCH3 is 2. The van der Waals surface area contributed by atoms with Crippen molar-refractivity contribution < 1.29 is 33.7 Å². The van der Waals surface area contributed by atoms with Crippen molar-refractivity contribution in [1.29, 1.82) is 0 Å². The SMILES string of the molecule is COc1ccc(COc2ccc(CNCCN3CC[C@@H](c4cc(C(O)O)on4)C3)c(Cl)c2OCc2ccc(OC)cc2)cc1. The van der Waals surface area contributed by atoms with Crippen molar-refractivity contribution in [3.05, 3.63) is 99.9 Å². The fourth-order valence-electron chi connectivity index (χ4n) is 5.08. The third kappa shape index (κ3) is 8.22. The lowest BCUT2D eigenvalue weighted by atomic mass is 10.1. The number of hydrogen-bond donors (Lipinski definition) is 3. The normalized spacial score (nSPS) is 15.1. The molecule has 3 aromatic carbocycles. The number of aliphatic hydroxyl groups is 2. The number of ether oxygens (including phenoxy) is 4. The summed E-state index contributed by atoms with van der Waals surface area (Å²) in [5, 5.41) is 26.6. The predicted molar refractivity (Wildman–Crippen MR) is 165 cm³/mol. The second-order valence-corrected chi connectivity index (χ2v) is 11.0. The number of nitrogens with one attached hydrogen (secondary N) is 1. The first-order valence-electron chi connectivity index (χ1n) is 14.5. The summed E-state index contributed by atoms with van der Waals surface area (Å²) >= 11 is 6.92. The van der Waals surface area contributed by atoms with Crippen molar-refractivity contribution in [2.75, 3.05) is 40.4 Å². The Morgan fingerprint density at radius 2 is 1.61 bits per heavy atom. The standard InChI is InChI=1S/C33H38ClN3O7/c1-40-26-8-3-22(4-9-26)20-42-29-12-7-24(31(34)32(29)43-21-23-5-10-27(41-2)11-6-23)18-35-14-16-37-15-13-25(19-37)28-17-30(33(38)39)44-36-28/h3-12,17,25,33,35,38-39H,13-16,18-21H2,1-2H3/t25-/m1/s1. The van der Waals surface area contributed by atoms with Crippen LogP contribution < -0.4 is 24.3 Å². The molecule has 44 heavy (non-hydrogen) atoms. The Morgan fingerprint density at radius 1 is 0.955 bits per heavy atom. The zero-order chi connectivity index (χ0) is 30.9. The zero-order valence-electron chi connectivity index (χ0n) is 24.9. The maximum absolute atomic E-state index is 9.28. The predicted octanol–water partition coefficient (Wildman–Crippen LogP) is 5.07. The quantitative estimate of drug-likeness (QED) is 0.122. The van der Waals surface area contributed by atoms with Gasteiger partial charge in [0.25, 0.3) is 0 Å². The molecule has 0 unspecified atom stereocenters. The van der Waals surface area contributed by atoms with Gasteiger partial charge < -0.3 is 43.9 Å². The fourth-order valence-corrected chi connectivity index (χ4v) is 5.36. The number of rotatable bonds is 15. The van der Waals surface area contributed by atoms with E-state index in [2.05, 4.69) is 15.4 Å². The summed E-state index contributed by atoms with van der Waals surface area (Å²) < 4.78 is 28.0. The molecule has 0 aliphatic carbocycles. The summed E-state index contributed by atoms with van der Waals surface area (Å²) in [6.45, 7) is 4.62. The molecule has 10 nitrogen and oxygen atoms in total. The number of aliphatic hydroxyl groups excluding tert-OH is 1. The number of benzene rings is 3. The van der Waals surface area contributed by atoms with Crippen molar-refractivity contribution in [3.8, 4) is 23.0 Å². The van der Waals surface area contributed by atoms with Gasteiger partial charge in [-0.2, -0.15) is 0 Å². The van der Waals surface area contributed by atoms with E-state index in [1.54, 1.807) is 20.3 Å². The van der Waals surface area contributed by atoms with E-state index >= 15 is 0 Å². The van der Waals surface area contributed by atoms with E-state index in [0.29, 0.717) is 36.3 Å². The summed E-state index contributed by atoms with van der Waals surface area (Å²) in [5.41, 5.74) is 3.63. The van der Waals surface area contributed by atoms with E-state index in [9.17, 15) is 10.2 Å². The largest absolute Gasteiger partial charge is 0.497 e. The van der Waals surface area contributed by atoms with E-state index in [1.165, 1.54) is 0 Å². The van der Waals surface area contributed by atoms with Crippen LogP contribution in [0, 0.1) is 0 Å². The van der Waals surface area contributed by atoms with Crippen LogP contribution in [0.2, 0.25) is 5.02 Å². The van der Waals surface area contributed by atoms with Crippen LogP contribution in [-0.2, 0) is 19.8 Å². The second-order valence-electron chi connectivity index (χ2n) is 10.6. The van der Waals surface area contributed by atoms with Crippen molar-refractivity contribution in [2.45, 2.75) is 38.4 Å². The van der Waals surface area contributed by atoms with E-state index in [4.69, 9.17) is 35.1 Å². The molecule has 3 N–H and O–H groups in total. The van der Waals surface area contributed by atoms with Crippen LogP contribution in [0.15, 0.2) is 71.3 Å². The Hall–Kier alpha value is -3.80. The van der Waals surface area contributed by atoms with Crippen molar-refractivity contribution in [2.24, 2.45) is 0 Å². The van der Waals surface area contributed by atoms with Crippen LogP contribution in [0.4, 0.5) is 0 Å². The van der Waals surface area contributed by atoms with Gasteiger partial charge in [-0.1, -0.05) is 47.1 Å². The van der Waals surface area contributed by atoms with E-state index in [0.717, 1.165) is 66.5 Å². The highest BCUT2D eigenvalue weighted by Gasteiger charge is 2.27. The van der Waals surface area contributed by atoms with E-state index < -0.39 is 6.29 Å². The Labute approximate surface area is 262 Å². The number of halogens is 1. The second kappa shape index (κ2) is 15.3. The first kappa shape index (κ1) is 31.6. The minimum absolute atomic E-state index is 0.0708. The van der Waals surface area contributed by atoms with Gasteiger partial charge in [0.1, 0.15) is 24.7 Å². The number of nitrogens with zero attached hydrogens (tertiary/aromatic N) is 2. The molecule has 0 spiro atoms. The molecule has 0 saturated carbocycles. The molecule has 1 aliphatic rings. The summed E-state index contributed by atoms with van der Waals surface area (Å²) in [7, 11) is 3.28. The molecule has 4 aromatic rings. The molecule has 0 amide bonds. The van der Waals surface area contributed by atoms with Gasteiger partial charge in [-0.3, -0.25) is 0 Å². The molecule has 5 rings (SSSR count). The Balaban J connectivity index is 1.19.